The molecule has 0 spiro atoms. The predicted octanol–water partition coefficient (Wildman–Crippen LogP) is 4.14. The average molecular weight is 350 g/mol. The van der Waals surface area contributed by atoms with E-state index < -0.39 is 6.04 Å². The fourth-order valence-corrected chi connectivity index (χ4v) is 4.05. The highest BCUT2D eigenvalue weighted by Crippen LogP contribution is 2.26. The maximum atomic E-state index is 12.8. The van der Waals surface area contributed by atoms with Gasteiger partial charge in [-0.2, -0.15) is 0 Å². The summed E-state index contributed by atoms with van der Waals surface area (Å²) < 4.78 is 0. The van der Waals surface area contributed by atoms with Crippen molar-refractivity contribution in [3.63, 3.8) is 0 Å². The van der Waals surface area contributed by atoms with Crippen molar-refractivity contribution in [3.05, 3.63) is 64.9 Å². The number of nitrogens with one attached hydrogen (secondary N) is 1. The topological polar surface area (TPSA) is 49.4 Å². The molecule has 1 aromatic heterocycles. The average Bonchev–Trinajstić information content (AvgIpc) is 3.33. The number of likely N-dealkylation sites (tertiary alicyclic amines) is 1. The zero-order valence-electron chi connectivity index (χ0n) is 13.6. The van der Waals surface area contributed by atoms with Crippen LogP contribution in [-0.4, -0.2) is 29.3 Å². The minimum Gasteiger partial charge on any atom is -0.326 e. The van der Waals surface area contributed by atoms with Crippen molar-refractivity contribution in [1.29, 1.82) is 0 Å². The summed E-state index contributed by atoms with van der Waals surface area (Å²) in [7, 11) is 0. The molecule has 1 fully saturated rings. The van der Waals surface area contributed by atoms with E-state index in [1.807, 2.05) is 60.0 Å². The molecular formula is C20H18N2O2S. The standard InChI is InChI=1S/C20H18N2O2S/c23-19(21-16-9-3-7-14-6-1-2-8-15(14)16)17-10-4-12-22(17)20(24)18-11-5-13-25-18/h1-3,5-9,11,13,17H,4,10,12H2,(H,21,23). The third-order valence-electron chi connectivity index (χ3n) is 4.60. The molecule has 3 aromatic rings. The molecule has 126 valence electrons. The molecule has 0 aliphatic carbocycles. The minimum atomic E-state index is -0.409. The summed E-state index contributed by atoms with van der Waals surface area (Å²) in [4.78, 5) is 27.9. The van der Waals surface area contributed by atoms with Gasteiger partial charge < -0.3 is 10.2 Å². The molecule has 0 radical (unpaired) electrons. The molecule has 5 heteroatoms. The Bertz CT molecular complexity index is 915. The normalized spacial score (nSPS) is 17.0. The molecule has 1 atom stereocenters. The van der Waals surface area contributed by atoms with Crippen LogP contribution >= 0.6 is 11.3 Å². The molecule has 4 nitrogen and oxygen atoms in total. The van der Waals surface area contributed by atoms with Crippen LogP contribution in [0, 0.1) is 0 Å². The SMILES string of the molecule is O=C(Nc1cccc2ccccc12)C1CCCN1C(=O)c1cccs1. The molecule has 2 amide bonds. The Morgan fingerprint density at radius 1 is 1.04 bits per heavy atom. The number of benzene rings is 2. The highest BCUT2D eigenvalue weighted by molar-refractivity contribution is 7.12. The van der Waals surface area contributed by atoms with Crippen LogP contribution in [0.1, 0.15) is 22.5 Å². The number of thiophene rings is 1. The number of anilines is 1. The van der Waals surface area contributed by atoms with Crippen molar-refractivity contribution in [3.8, 4) is 0 Å². The number of fused-ring (bicyclic) bond motifs is 1. The van der Waals surface area contributed by atoms with Crippen molar-refractivity contribution >= 4 is 39.6 Å². The molecule has 2 aromatic carbocycles. The Hall–Kier alpha value is -2.66. The molecule has 1 N–H and O–H groups in total. The van der Waals surface area contributed by atoms with E-state index >= 15 is 0 Å². The lowest BCUT2D eigenvalue weighted by Gasteiger charge is -2.23. The first-order chi connectivity index (χ1) is 12.2. The summed E-state index contributed by atoms with van der Waals surface area (Å²) in [5, 5.41) is 7.00. The molecule has 0 bridgehead atoms. The van der Waals surface area contributed by atoms with E-state index in [9.17, 15) is 9.59 Å². The Balaban J connectivity index is 1.56. The van der Waals surface area contributed by atoms with E-state index in [4.69, 9.17) is 0 Å². The van der Waals surface area contributed by atoms with Crippen molar-refractivity contribution < 1.29 is 9.59 Å². The van der Waals surface area contributed by atoms with Crippen molar-refractivity contribution in [1.82, 2.24) is 4.90 Å². The predicted molar refractivity (Wildman–Crippen MR) is 101 cm³/mol. The molecule has 2 heterocycles. The molecule has 1 aliphatic heterocycles. The van der Waals surface area contributed by atoms with Crippen LogP contribution in [0.5, 0.6) is 0 Å². The largest absolute Gasteiger partial charge is 0.326 e. The van der Waals surface area contributed by atoms with Gasteiger partial charge in [-0.1, -0.05) is 42.5 Å². The first-order valence-corrected chi connectivity index (χ1v) is 9.25. The zero-order chi connectivity index (χ0) is 17.2. The van der Waals surface area contributed by atoms with Gasteiger partial charge in [0.15, 0.2) is 0 Å². The van der Waals surface area contributed by atoms with Crippen molar-refractivity contribution in [2.75, 3.05) is 11.9 Å². The monoisotopic (exact) mass is 350 g/mol. The number of hydrogen-bond acceptors (Lipinski definition) is 3. The summed E-state index contributed by atoms with van der Waals surface area (Å²) in [5.41, 5.74) is 0.790. The van der Waals surface area contributed by atoms with E-state index in [-0.39, 0.29) is 11.8 Å². The quantitative estimate of drug-likeness (QED) is 0.772. The Kier molecular flexibility index (Phi) is 4.24. The fourth-order valence-electron chi connectivity index (χ4n) is 3.37. The summed E-state index contributed by atoms with van der Waals surface area (Å²) in [6.45, 7) is 0.629. The van der Waals surface area contributed by atoms with Gasteiger partial charge in [0, 0.05) is 17.6 Å². The second-order valence-electron chi connectivity index (χ2n) is 6.15. The van der Waals surface area contributed by atoms with E-state index in [0.29, 0.717) is 17.8 Å². The van der Waals surface area contributed by atoms with E-state index in [2.05, 4.69) is 5.32 Å². The summed E-state index contributed by atoms with van der Waals surface area (Å²) >= 11 is 1.41. The molecule has 0 saturated carbocycles. The van der Waals surface area contributed by atoms with E-state index in [0.717, 1.165) is 22.9 Å². The van der Waals surface area contributed by atoms with Gasteiger partial charge in [-0.05, 0) is 35.7 Å². The smallest absolute Gasteiger partial charge is 0.264 e. The number of nitrogens with zero attached hydrogens (tertiary/aromatic N) is 1. The summed E-state index contributed by atoms with van der Waals surface area (Å²) in [6, 6.07) is 17.1. The zero-order valence-corrected chi connectivity index (χ0v) is 14.5. The van der Waals surface area contributed by atoms with Crippen LogP contribution in [0.15, 0.2) is 60.0 Å². The van der Waals surface area contributed by atoms with Gasteiger partial charge in [-0.3, -0.25) is 9.59 Å². The van der Waals surface area contributed by atoms with Crippen LogP contribution in [0.3, 0.4) is 0 Å². The third kappa shape index (κ3) is 3.03. The molecular weight excluding hydrogens is 332 g/mol. The highest BCUT2D eigenvalue weighted by atomic mass is 32.1. The van der Waals surface area contributed by atoms with Gasteiger partial charge in [-0.25, -0.2) is 0 Å². The van der Waals surface area contributed by atoms with Gasteiger partial charge in [0.25, 0.3) is 5.91 Å². The molecule has 4 rings (SSSR count). The number of hydrogen-bond donors (Lipinski definition) is 1. The maximum absolute atomic E-state index is 12.8. The van der Waals surface area contributed by atoms with Gasteiger partial charge in [0.2, 0.25) is 5.91 Å². The maximum Gasteiger partial charge on any atom is 0.264 e. The van der Waals surface area contributed by atoms with Crippen LogP contribution in [0.4, 0.5) is 5.69 Å². The molecule has 25 heavy (non-hydrogen) atoms. The first-order valence-electron chi connectivity index (χ1n) is 8.37. The second kappa shape index (κ2) is 6.69. The molecule has 1 saturated heterocycles. The van der Waals surface area contributed by atoms with Gasteiger partial charge >= 0.3 is 0 Å². The van der Waals surface area contributed by atoms with Gasteiger partial charge in [0.05, 0.1) is 4.88 Å². The minimum absolute atomic E-state index is 0.0504. The summed E-state index contributed by atoms with van der Waals surface area (Å²) in [5.74, 6) is -0.163. The lowest BCUT2D eigenvalue weighted by molar-refractivity contribution is -0.119. The lowest BCUT2D eigenvalue weighted by Crippen LogP contribution is -2.43. The third-order valence-corrected chi connectivity index (χ3v) is 5.45. The van der Waals surface area contributed by atoms with Crippen molar-refractivity contribution in [2.24, 2.45) is 0 Å². The highest BCUT2D eigenvalue weighted by Gasteiger charge is 2.35. The Morgan fingerprint density at radius 3 is 2.72 bits per heavy atom. The number of rotatable bonds is 3. The second-order valence-corrected chi connectivity index (χ2v) is 7.10. The van der Waals surface area contributed by atoms with E-state index in [1.54, 1.807) is 4.90 Å². The molecule has 1 aliphatic rings. The number of amides is 2. The van der Waals surface area contributed by atoms with Crippen LogP contribution in [-0.2, 0) is 4.79 Å². The van der Waals surface area contributed by atoms with Crippen LogP contribution in [0.25, 0.3) is 10.8 Å². The van der Waals surface area contributed by atoms with Gasteiger partial charge in [-0.15, -0.1) is 11.3 Å². The van der Waals surface area contributed by atoms with Crippen LogP contribution < -0.4 is 5.32 Å². The lowest BCUT2D eigenvalue weighted by atomic mass is 10.1. The molecule has 1 unspecified atom stereocenters. The summed E-state index contributed by atoms with van der Waals surface area (Å²) in [6.07, 6.45) is 1.55. The first kappa shape index (κ1) is 15.8. The van der Waals surface area contributed by atoms with Gasteiger partial charge in [0.1, 0.15) is 6.04 Å². The fraction of sp³-hybridized carbons (Fsp3) is 0.200. The number of carbonyl (C=O) groups is 2. The van der Waals surface area contributed by atoms with Crippen molar-refractivity contribution in [2.45, 2.75) is 18.9 Å². The van der Waals surface area contributed by atoms with Crippen LogP contribution in [0.2, 0.25) is 0 Å². The van der Waals surface area contributed by atoms with E-state index in [1.165, 1.54) is 11.3 Å². The number of carbonyl (C=O) groups excluding carboxylic acids is 2. The Morgan fingerprint density at radius 2 is 1.88 bits per heavy atom. The Labute approximate surface area is 150 Å².